The van der Waals surface area contributed by atoms with Crippen LogP contribution in [0.1, 0.15) is 23.3 Å². The van der Waals surface area contributed by atoms with Gasteiger partial charge in [-0.25, -0.2) is 4.39 Å². The summed E-state index contributed by atoms with van der Waals surface area (Å²) in [4.78, 5) is 15.9. The molecule has 0 spiro atoms. The van der Waals surface area contributed by atoms with E-state index < -0.39 is 0 Å². The van der Waals surface area contributed by atoms with Crippen LogP contribution in [0.15, 0.2) is 41.8 Å². The van der Waals surface area contributed by atoms with E-state index in [0.29, 0.717) is 5.92 Å². The van der Waals surface area contributed by atoms with Crippen molar-refractivity contribution in [3.05, 3.63) is 58.0 Å². The molecule has 3 nitrogen and oxygen atoms in total. The number of nitrogens with zero attached hydrogens (tertiary/aromatic N) is 1. The third-order valence-electron chi connectivity index (χ3n) is 4.51. The number of thiophene rings is 1. The van der Waals surface area contributed by atoms with Gasteiger partial charge in [0.25, 0.3) is 0 Å². The van der Waals surface area contributed by atoms with Crippen LogP contribution in [-0.2, 0) is 17.8 Å². The van der Waals surface area contributed by atoms with Gasteiger partial charge in [0, 0.05) is 18.0 Å². The minimum atomic E-state index is -0.293. The number of hydrogen-bond donors (Lipinski definition) is 1. The topological polar surface area (TPSA) is 32.3 Å². The zero-order chi connectivity index (χ0) is 16.8. The van der Waals surface area contributed by atoms with Gasteiger partial charge < -0.3 is 5.32 Å². The number of rotatable bonds is 6. The summed E-state index contributed by atoms with van der Waals surface area (Å²) in [5, 5.41) is 5.12. The molecular formula is C19H23FN2OS. The molecule has 5 heteroatoms. The SMILES string of the molecule is O=C(Cc1cccc(F)c1)NCC1CCN(Cc2cccs2)CC1. The Bertz CT molecular complexity index is 651. The van der Waals surface area contributed by atoms with Crippen LogP contribution < -0.4 is 5.32 Å². The van der Waals surface area contributed by atoms with E-state index in [9.17, 15) is 9.18 Å². The number of carbonyl (C=O) groups excluding carboxylic acids is 1. The molecule has 1 aliphatic heterocycles. The van der Waals surface area contributed by atoms with E-state index in [-0.39, 0.29) is 18.1 Å². The lowest BCUT2D eigenvalue weighted by molar-refractivity contribution is -0.120. The van der Waals surface area contributed by atoms with E-state index in [1.54, 1.807) is 12.1 Å². The highest BCUT2D eigenvalue weighted by Crippen LogP contribution is 2.20. The van der Waals surface area contributed by atoms with Crippen LogP contribution in [0.2, 0.25) is 0 Å². The summed E-state index contributed by atoms with van der Waals surface area (Å²) < 4.78 is 13.1. The number of hydrogen-bond acceptors (Lipinski definition) is 3. The van der Waals surface area contributed by atoms with Gasteiger partial charge in [-0.1, -0.05) is 18.2 Å². The van der Waals surface area contributed by atoms with Gasteiger partial charge in [-0.15, -0.1) is 11.3 Å². The van der Waals surface area contributed by atoms with Crippen molar-refractivity contribution in [2.45, 2.75) is 25.8 Å². The molecule has 0 saturated carbocycles. The average molecular weight is 346 g/mol. The molecule has 1 saturated heterocycles. The Kier molecular flexibility index (Phi) is 5.99. The zero-order valence-electron chi connectivity index (χ0n) is 13.7. The largest absolute Gasteiger partial charge is 0.356 e. The number of amides is 1. The minimum absolute atomic E-state index is 0.0263. The van der Waals surface area contributed by atoms with E-state index in [1.807, 2.05) is 11.3 Å². The second-order valence-electron chi connectivity index (χ2n) is 6.41. The molecule has 1 aromatic heterocycles. The Morgan fingerprint density at radius 1 is 1.25 bits per heavy atom. The molecule has 2 aromatic rings. The van der Waals surface area contributed by atoms with E-state index in [0.717, 1.165) is 44.6 Å². The lowest BCUT2D eigenvalue weighted by Gasteiger charge is -2.31. The van der Waals surface area contributed by atoms with Crippen molar-refractivity contribution in [3.63, 3.8) is 0 Å². The van der Waals surface area contributed by atoms with Crippen LogP contribution in [0.4, 0.5) is 4.39 Å². The van der Waals surface area contributed by atoms with Gasteiger partial charge in [0.05, 0.1) is 6.42 Å². The second-order valence-corrected chi connectivity index (χ2v) is 7.44. The Labute approximate surface area is 146 Å². The predicted octanol–water partition coefficient (Wildman–Crippen LogP) is 3.46. The monoisotopic (exact) mass is 346 g/mol. The maximum atomic E-state index is 13.1. The Balaban J connectivity index is 1.36. The van der Waals surface area contributed by atoms with Crippen molar-refractivity contribution in [3.8, 4) is 0 Å². The summed E-state index contributed by atoms with van der Waals surface area (Å²) in [5.41, 5.74) is 0.721. The molecule has 1 aliphatic rings. The maximum absolute atomic E-state index is 13.1. The fourth-order valence-corrected chi connectivity index (χ4v) is 3.87. The fourth-order valence-electron chi connectivity index (χ4n) is 3.12. The molecule has 0 unspecified atom stereocenters. The molecule has 0 aliphatic carbocycles. The number of benzene rings is 1. The van der Waals surface area contributed by atoms with Gasteiger partial charge in [-0.05, 0) is 61.0 Å². The van der Waals surface area contributed by atoms with Crippen molar-refractivity contribution >= 4 is 17.2 Å². The normalized spacial score (nSPS) is 16.2. The van der Waals surface area contributed by atoms with Gasteiger partial charge in [-0.3, -0.25) is 9.69 Å². The van der Waals surface area contributed by atoms with Crippen LogP contribution >= 0.6 is 11.3 Å². The van der Waals surface area contributed by atoms with Crippen molar-refractivity contribution in [2.24, 2.45) is 5.92 Å². The summed E-state index contributed by atoms with van der Waals surface area (Å²) in [5.74, 6) is 0.223. The smallest absolute Gasteiger partial charge is 0.224 e. The molecule has 0 radical (unpaired) electrons. The van der Waals surface area contributed by atoms with Gasteiger partial charge in [0.1, 0.15) is 5.82 Å². The Hall–Kier alpha value is -1.72. The van der Waals surface area contributed by atoms with E-state index in [2.05, 4.69) is 27.7 Å². The summed E-state index contributed by atoms with van der Waals surface area (Å²) in [6.45, 7) is 3.93. The van der Waals surface area contributed by atoms with Crippen molar-refractivity contribution < 1.29 is 9.18 Å². The highest BCUT2D eigenvalue weighted by Gasteiger charge is 2.20. The number of nitrogens with one attached hydrogen (secondary N) is 1. The van der Waals surface area contributed by atoms with Gasteiger partial charge in [-0.2, -0.15) is 0 Å². The van der Waals surface area contributed by atoms with Crippen LogP contribution in [0, 0.1) is 11.7 Å². The molecule has 2 heterocycles. The van der Waals surface area contributed by atoms with E-state index in [4.69, 9.17) is 0 Å². The Morgan fingerprint density at radius 2 is 2.08 bits per heavy atom. The number of carbonyl (C=O) groups is 1. The molecule has 3 rings (SSSR count). The summed E-state index contributed by atoms with van der Waals surface area (Å²) in [6, 6.07) is 10.5. The summed E-state index contributed by atoms with van der Waals surface area (Å²) in [7, 11) is 0. The first-order valence-corrected chi connectivity index (χ1v) is 9.33. The molecular weight excluding hydrogens is 323 g/mol. The minimum Gasteiger partial charge on any atom is -0.356 e. The third-order valence-corrected chi connectivity index (χ3v) is 5.37. The highest BCUT2D eigenvalue weighted by atomic mass is 32.1. The molecule has 1 N–H and O–H groups in total. The van der Waals surface area contributed by atoms with E-state index in [1.165, 1.54) is 17.0 Å². The molecule has 1 aromatic carbocycles. The molecule has 128 valence electrons. The maximum Gasteiger partial charge on any atom is 0.224 e. The molecule has 0 bridgehead atoms. The fraction of sp³-hybridized carbons (Fsp3) is 0.421. The quantitative estimate of drug-likeness (QED) is 0.869. The average Bonchev–Trinajstić information content (AvgIpc) is 3.07. The lowest BCUT2D eigenvalue weighted by atomic mass is 9.96. The zero-order valence-corrected chi connectivity index (χ0v) is 14.5. The van der Waals surface area contributed by atoms with Gasteiger partial charge >= 0.3 is 0 Å². The van der Waals surface area contributed by atoms with Crippen LogP contribution in [0.5, 0.6) is 0 Å². The first-order chi connectivity index (χ1) is 11.7. The lowest BCUT2D eigenvalue weighted by Crippen LogP contribution is -2.38. The molecule has 0 atom stereocenters. The predicted molar refractivity (Wildman–Crippen MR) is 95.4 cm³/mol. The standard InChI is InChI=1S/C19H23FN2OS/c20-17-4-1-3-16(11-17)12-19(23)21-13-15-6-8-22(9-7-15)14-18-5-2-10-24-18/h1-5,10-11,15H,6-9,12-14H2,(H,21,23). The number of piperidine rings is 1. The molecule has 1 fully saturated rings. The van der Waals surface area contributed by atoms with Crippen molar-refractivity contribution in [2.75, 3.05) is 19.6 Å². The number of halogens is 1. The van der Waals surface area contributed by atoms with Crippen LogP contribution in [0.25, 0.3) is 0 Å². The first kappa shape index (κ1) is 17.1. The molecule has 1 amide bonds. The first-order valence-electron chi connectivity index (χ1n) is 8.45. The number of likely N-dealkylation sites (tertiary alicyclic amines) is 1. The van der Waals surface area contributed by atoms with Crippen molar-refractivity contribution in [1.82, 2.24) is 10.2 Å². The summed E-state index contributed by atoms with van der Waals surface area (Å²) >= 11 is 1.81. The summed E-state index contributed by atoms with van der Waals surface area (Å²) in [6.07, 6.45) is 2.48. The van der Waals surface area contributed by atoms with Crippen molar-refractivity contribution in [1.29, 1.82) is 0 Å². The van der Waals surface area contributed by atoms with Crippen LogP contribution in [0.3, 0.4) is 0 Å². The molecule has 24 heavy (non-hydrogen) atoms. The third kappa shape index (κ3) is 5.14. The van der Waals surface area contributed by atoms with Gasteiger partial charge in [0.2, 0.25) is 5.91 Å². The van der Waals surface area contributed by atoms with E-state index >= 15 is 0 Å². The highest BCUT2D eigenvalue weighted by molar-refractivity contribution is 7.09. The Morgan fingerprint density at radius 3 is 2.79 bits per heavy atom. The second kappa shape index (κ2) is 8.40. The van der Waals surface area contributed by atoms with Crippen LogP contribution in [-0.4, -0.2) is 30.4 Å². The van der Waals surface area contributed by atoms with Gasteiger partial charge in [0.15, 0.2) is 0 Å².